The zero-order valence-corrected chi connectivity index (χ0v) is 27.7. The van der Waals surface area contributed by atoms with Crippen LogP contribution in [-0.2, 0) is 26.9 Å². The van der Waals surface area contributed by atoms with Gasteiger partial charge >= 0.3 is 18.0 Å². The minimum atomic E-state index is -4.96. The molecule has 256 valence electrons. The quantitative estimate of drug-likeness (QED) is 0.220. The van der Waals surface area contributed by atoms with E-state index in [-0.39, 0.29) is 60.2 Å². The van der Waals surface area contributed by atoms with Gasteiger partial charge in [-0.25, -0.2) is 18.4 Å². The molecule has 3 heterocycles. The highest BCUT2D eigenvalue weighted by atomic mass is 32.2. The Morgan fingerprint density at radius 1 is 1.04 bits per heavy atom. The van der Waals surface area contributed by atoms with E-state index in [1.54, 1.807) is 44.4 Å². The maximum Gasteiger partial charge on any atom is 0.417 e. The second-order valence-electron chi connectivity index (χ2n) is 12.8. The van der Waals surface area contributed by atoms with Gasteiger partial charge in [-0.15, -0.1) is 11.8 Å². The van der Waals surface area contributed by atoms with Gasteiger partial charge < -0.3 is 19.1 Å². The monoisotopic (exact) mass is 684 g/mol. The van der Waals surface area contributed by atoms with E-state index in [2.05, 4.69) is 4.98 Å². The molecule has 1 saturated heterocycles. The van der Waals surface area contributed by atoms with Gasteiger partial charge in [-0.05, 0) is 52.8 Å². The van der Waals surface area contributed by atoms with Crippen LogP contribution in [0.4, 0.5) is 32.6 Å². The van der Waals surface area contributed by atoms with E-state index in [4.69, 9.17) is 14.2 Å². The predicted molar refractivity (Wildman–Crippen MR) is 168 cm³/mol. The number of benzene rings is 2. The van der Waals surface area contributed by atoms with Crippen molar-refractivity contribution in [3.63, 3.8) is 0 Å². The minimum absolute atomic E-state index is 0.00686. The summed E-state index contributed by atoms with van der Waals surface area (Å²) < 4.78 is 91.8. The molecular formula is C32H37F5N4O5S. The zero-order valence-electron chi connectivity index (χ0n) is 26.9. The number of amides is 1. The topological polar surface area (TPSA) is 86.1 Å². The van der Waals surface area contributed by atoms with Crippen LogP contribution in [0.1, 0.15) is 40.2 Å². The minimum Gasteiger partial charge on any atom is -0.444 e. The Labute approximate surface area is 273 Å². The summed E-state index contributed by atoms with van der Waals surface area (Å²) in [6.07, 6.45) is -6.11. The number of halogens is 5. The summed E-state index contributed by atoms with van der Waals surface area (Å²) in [4.78, 5) is 34.4. The largest absolute Gasteiger partial charge is 0.444 e. The molecule has 2 aliphatic rings. The van der Waals surface area contributed by atoms with Crippen LogP contribution in [0.15, 0.2) is 34.0 Å². The van der Waals surface area contributed by atoms with Crippen molar-refractivity contribution in [2.75, 3.05) is 44.1 Å². The van der Waals surface area contributed by atoms with Crippen molar-refractivity contribution in [3.8, 4) is 11.1 Å². The molecule has 15 heteroatoms. The summed E-state index contributed by atoms with van der Waals surface area (Å²) in [5.74, 6) is -1.97. The fourth-order valence-corrected chi connectivity index (χ4v) is 7.40. The number of thioether (sulfide) groups is 1. The summed E-state index contributed by atoms with van der Waals surface area (Å²) in [6.45, 7) is 9.52. The maximum atomic E-state index is 15.3. The first-order chi connectivity index (χ1) is 22.0. The molecule has 1 aromatic heterocycles. The molecule has 0 bridgehead atoms. The van der Waals surface area contributed by atoms with E-state index in [1.807, 2.05) is 0 Å². The molecule has 0 saturated carbocycles. The second-order valence-corrected chi connectivity index (χ2v) is 13.8. The Balaban J connectivity index is 1.72. The van der Waals surface area contributed by atoms with Crippen molar-refractivity contribution in [3.05, 3.63) is 51.9 Å². The van der Waals surface area contributed by atoms with E-state index in [0.717, 1.165) is 30.0 Å². The molecule has 47 heavy (non-hydrogen) atoms. The van der Waals surface area contributed by atoms with Gasteiger partial charge in [-0.1, -0.05) is 0 Å². The van der Waals surface area contributed by atoms with Crippen molar-refractivity contribution in [1.29, 1.82) is 0 Å². The average Bonchev–Trinajstić information content (AvgIpc) is 3.14. The lowest BCUT2D eigenvalue weighted by molar-refractivity contribution is -0.137. The Kier molecular flexibility index (Phi) is 9.82. The SMILES string of the molecule is COCCO[C@H]1CSc2c(-c3ccc(F)cc3F)c(C(F)(F)F)cc3c(N4C[C@@H](C)N(C(=O)OC(C)(C)C)[C@@H](C)C4)nc(=O)n(c23)C1. The number of hydrogen-bond donors (Lipinski definition) is 0. The van der Waals surface area contributed by atoms with Gasteiger partial charge in [0.15, 0.2) is 0 Å². The molecular weight excluding hydrogens is 647 g/mol. The standard InChI is InChI=1S/C32H37F5N4O5S/c1-17-13-39(14-18(2)41(17)30(43)46-31(3,4)5)28-22-12-23(32(35,36)37)25(21-8-7-19(33)11-24(21)34)27-26(22)40(29(42)38-28)15-20(16-47-27)45-10-9-44-6/h7-8,11-12,17-18,20H,9-10,13-16H2,1-6H3/t17-,18+,20-/m1/s1. The number of ether oxygens (including phenoxy) is 3. The summed E-state index contributed by atoms with van der Waals surface area (Å²) in [6, 6.07) is 2.38. The average molecular weight is 685 g/mol. The molecule has 5 rings (SSSR count). The third kappa shape index (κ3) is 7.21. The van der Waals surface area contributed by atoms with Crippen LogP contribution in [0.3, 0.4) is 0 Å². The lowest BCUT2D eigenvalue weighted by atomic mass is 9.95. The number of carbonyl (C=O) groups excluding carboxylic acids is 1. The van der Waals surface area contributed by atoms with Gasteiger partial charge in [0.25, 0.3) is 0 Å². The van der Waals surface area contributed by atoms with E-state index >= 15 is 4.39 Å². The Morgan fingerprint density at radius 3 is 2.32 bits per heavy atom. The molecule has 0 aliphatic carbocycles. The summed E-state index contributed by atoms with van der Waals surface area (Å²) >= 11 is 1.01. The number of methoxy groups -OCH3 is 1. The summed E-state index contributed by atoms with van der Waals surface area (Å²) in [5.41, 5.74) is -3.42. The number of alkyl halides is 3. The second kappa shape index (κ2) is 13.2. The van der Waals surface area contributed by atoms with Crippen LogP contribution < -0.4 is 10.6 Å². The number of rotatable bonds is 6. The lowest BCUT2D eigenvalue weighted by Crippen LogP contribution is -2.59. The molecule has 3 aromatic rings. The molecule has 0 spiro atoms. The number of carbonyl (C=O) groups is 1. The van der Waals surface area contributed by atoms with Gasteiger partial charge in [-0.2, -0.15) is 18.2 Å². The molecule has 2 aromatic carbocycles. The number of nitrogens with zero attached hydrogens (tertiary/aromatic N) is 4. The zero-order chi connectivity index (χ0) is 34.4. The molecule has 0 N–H and O–H groups in total. The molecule has 1 fully saturated rings. The number of anilines is 1. The van der Waals surface area contributed by atoms with Crippen LogP contribution in [0.5, 0.6) is 0 Å². The fraction of sp³-hybridized carbons (Fsp3) is 0.531. The first-order valence-electron chi connectivity index (χ1n) is 15.1. The van der Waals surface area contributed by atoms with E-state index in [9.17, 15) is 27.2 Å². The maximum absolute atomic E-state index is 15.3. The number of aromatic nitrogens is 2. The molecule has 9 nitrogen and oxygen atoms in total. The van der Waals surface area contributed by atoms with E-state index in [0.29, 0.717) is 6.07 Å². The van der Waals surface area contributed by atoms with Crippen LogP contribution in [0, 0.1) is 11.6 Å². The van der Waals surface area contributed by atoms with Gasteiger partial charge in [0.05, 0.1) is 49.0 Å². The summed E-state index contributed by atoms with van der Waals surface area (Å²) in [5, 5.41) is 0.0355. The first kappa shape index (κ1) is 34.9. The van der Waals surface area contributed by atoms with Crippen molar-refractivity contribution in [1.82, 2.24) is 14.5 Å². The Morgan fingerprint density at radius 2 is 1.72 bits per heavy atom. The summed E-state index contributed by atoms with van der Waals surface area (Å²) in [7, 11) is 1.50. The van der Waals surface area contributed by atoms with Crippen molar-refractivity contribution < 1.29 is 41.0 Å². The molecule has 2 aliphatic heterocycles. The normalized spacial score (nSPS) is 20.4. The highest BCUT2D eigenvalue weighted by molar-refractivity contribution is 7.99. The first-order valence-corrected chi connectivity index (χ1v) is 16.1. The number of hydrogen-bond acceptors (Lipinski definition) is 8. The van der Waals surface area contributed by atoms with Gasteiger partial charge in [0, 0.05) is 53.4 Å². The van der Waals surface area contributed by atoms with Crippen molar-refractivity contribution in [2.24, 2.45) is 0 Å². The van der Waals surface area contributed by atoms with Gasteiger partial charge in [-0.3, -0.25) is 9.47 Å². The van der Waals surface area contributed by atoms with Crippen LogP contribution in [0.2, 0.25) is 0 Å². The van der Waals surface area contributed by atoms with E-state index < -0.39 is 70.1 Å². The predicted octanol–water partition coefficient (Wildman–Crippen LogP) is 6.33. The Bertz CT molecular complexity index is 1720. The fourth-order valence-electron chi connectivity index (χ4n) is 6.13. The smallest absolute Gasteiger partial charge is 0.417 e. The van der Waals surface area contributed by atoms with Gasteiger partial charge in [0.1, 0.15) is 23.1 Å². The van der Waals surface area contributed by atoms with Crippen LogP contribution in [-0.4, -0.2) is 83.5 Å². The highest BCUT2D eigenvalue weighted by Crippen LogP contribution is 2.49. The van der Waals surface area contributed by atoms with Crippen LogP contribution >= 0.6 is 11.8 Å². The molecule has 3 atom stereocenters. The Hall–Kier alpha value is -3.43. The third-order valence-corrected chi connectivity index (χ3v) is 9.19. The van der Waals surface area contributed by atoms with Gasteiger partial charge in [0.2, 0.25) is 0 Å². The lowest BCUT2D eigenvalue weighted by Gasteiger charge is -2.45. The van der Waals surface area contributed by atoms with Crippen molar-refractivity contribution >= 4 is 34.6 Å². The molecule has 0 radical (unpaired) electrons. The van der Waals surface area contributed by atoms with E-state index in [1.165, 1.54) is 11.7 Å². The third-order valence-electron chi connectivity index (χ3n) is 7.97. The van der Waals surface area contributed by atoms with Crippen molar-refractivity contribution in [2.45, 2.75) is 76.0 Å². The van der Waals surface area contributed by atoms with Crippen LogP contribution in [0.25, 0.3) is 22.0 Å². The highest BCUT2D eigenvalue weighted by Gasteiger charge is 2.41. The molecule has 0 unspecified atom stereocenters. The molecule has 1 amide bonds. The number of piperazine rings is 1.